The first-order valence-electron chi connectivity index (χ1n) is 4.45. The number of rotatable bonds is 2. The Morgan fingerprint density at radius 3 is 1.44 bits per heavy atom. The zero-order valence-electron chi connectivity index (χ0n) is 5.84. The van der Waals surface area contributed by atoms with Crippen molar-refractivity contribution in [1.29, 1.82) is 0 Å². The van der Waals surface area contributed by atoms with Crippen LogP contribution in [0.25, 0.3) is 0 Å². The van der Waals surface area contributed by atoms with E-state index in [0.29, 0.717) is 0 Å². The van der Waals surface area contributed by atoms with Gasteiger partial charge in [-0.15, -0.1) is 0 Å². The molecule has 2 unspecified atom stereocenters. The van der Waals surface area contributed by atoms with Crippen molar-refractivity contribution in [3.8, 4) is 0 Å². The maximum Gasteiger partial charge on any atom is -0.0352 e. The van der Waals surface area contributed by atoms with Gasteiger partial charge in [-0.25, -0.2) is 0 Å². The summed E-state index contributed by atoms with van der Waals surface area (Å²) in [5.41, 5.74) is 0. The molecule has 0 aromatic rings. The quantitative estimate of drug-likeness (QED) is 0.527. The summed E-state index contributed by atoms with van der Waals surface area (Å²) in [7, 11) is 0. The van der Waals surface area contributed by atoms with Gasteiger partial charge in [-0.3, -0.25) is 0 Å². The lowest BCUT2D eigenvalue weighted by Crippen LogP contribution is -1.85. The summed E-state index contributed by atoms with van der Waals surface area (Å²) in [6.45, 7) is 0. The molecule has 0 radical (unpaired) electrons. The van der Waals surface area contributed by atoms with Gasteiger partial charge < -0.3 is 0 Å². The molecule has 3 rings (SSSR count). The van der Waals surface area contributed by atoms with Crippen molar-refractivity contribution in [2.45, 2.75) is 32.1 Å². The Labute approximate surface area is 56.6 Å². The summed E-state index contributed by atoms with van der Waals surface area (Å²) in [5, 5.41) is 0. The molecule has 0 aromatic carbocycles. The Hall–Kier alpha value is 0. The summed E-state index contributed by atoms with van der Waals surface area (Å²) in [6.07, 6.45) is 7.93. The molecular formula is C9H14. The van der Waals surface area contributed by atoms with E-state index in [1.165, 1.54) is 23.7 Å². The second kappa shape index (κ2) is 1.36. The standard InChI is InChI=1S/C9H14/c1-2-6(1)8-5-9(8)7-3-4-7/h6-9H,1-5H2. The van der Waals surface area contributed by atoms with Crippen LogP contribution in [0.4, 0.5) is 0 Å². The summed E-state index contributed by atoms with van der Waals surface area (Å²) in [4.78, 5) is 0. The Morgan fingerprint density at radius 1 is 0.667 bits per heavy atom. The van der Waals surface area contributed by atoms with E-state index in [1.54, 1.807) is 32.1 Å². The predicted molar refractivity (Wildman–Crippen MR) is 37.0 cm³/mol. The largest absolute Gasteiger partial charge is 0.0499 e. The molecule has 9 heavy (non-hydrogen) atoms. The molecule has 50 valence electrons. The first-order valence-corrected chi connectivity index (χ1v) is 4.45. The molecule has 0 N–H and O–H groups in total. The minimum atomic E-state index is 1.22. The van der Waals surface area contributed by atoms with Crippen LogP contribution >= 0.6 is 0 Å². The van der Waals surface area contributed by atoms with Crippen molar-refractivity contribution in [2.75, 3.05) is 0 Å². The fourth-order valence-corrected chi connectivity index (χ4v) is 2.37. The van der Waals surface area contributed by atoms with Crippen LogP contribution in [0, 0.1) is 23.7 Å². The molecule has 3 fully saturated rings. The lowest BCUT2D eigenvalue weighted by Gasteiger charge is -1.90. The molecule has 0 bridgehead atoms. The van der Waals surface area contributed by atoms with Crippen LogP contribution in [0.3, 0.4) is 0 Å². The zero-order valence-corrected chi connectivity index (χ0v) is 5.84. The highest BCUT2D eigenvalue weighted by Gasteiger charge is 2.53. The third-order valence-electron chi connectivity index (χ3n) is 3.35. The van der Waals surface area contributed by atoms with Gasteiger partial charge in [0.1, 0.15) is 0 Å². The van der Waals surface area contributed by atoms with Crippen molar-refractivity contribution < 1.29 is 0 Å². The Balaban J connectivity index is 1.61. The van der Waals surface area contributed by atoms with E-state index in [-0.39, 0.29) is 0 Å². The van der Waals surface area contributed by atoms with Crippen LogP contribution in [0.15, 0.2) is 0 Å². The molecule has 0 saturated heterocycles. The summed E-state index contributed by atoms with van der Waals surface area (Å²) in [6, 6.07) is 0. The second-order valence-corrected chi connectivity index (χ2v) is 4.24. The van der Waals surface area contributed by atoms with Crippen LogP contribution in [-0.2, 0) is 0 Å². The SMILES string of the molecule is C1CC1C1CC1C1CC1. The molecule has 2 atom stereocenters. The fraction of sp³-hybridized carbons (Fsp3) is 1.00. The van der Waals surface area contributed by atoms with E-state index in [9.17, 15) is 0 Å². The average Bonchev–Trinajstić information content (AvgIpc) is 2.67. The number of hydrogen-bond acceptors (Lipinski definition) is 0. The van der Waals surface area contributed by atoms with E-state index in [2.05, 4.69) is 0 Å². The Bertz CT molecular complexity index is 115. The first kappa shape index (κ1) is 4.76. The normalized spacial score (nSPS) is 49.3. The molecule has 0 spiro atoms. The first-order chi connectivity index (χ1) is 4.45. The molecule has 0 aliphatic heterocycles. The molecule has 0 aromatic heterocycles. The molecule has 0 nitrogen and oxygen atoms in total. The van der Waals surface area contributed by atoms with E-state index >= 15 is 0 Å². The highest BCUT2D eigenvalue weighted by atomic mass is 14.6. The van der Waals surface area contributed by atoms with Gasteiger partial charge in [0, 0.05) is 0 Å². The van der Waals surface area contributed by atoms with Gasteiger partial charge in [-0.2, -0.15) is 0 Å². The van der Waals surface area contributed by atoms with Crippen LogP contribution in [0.2, 0.25) is 0 Å². The van der Waals surface area contributed by atoms with E-state index in [0.717, 1.165) is 0 Å². The van der Waals surface area contributed by atoms with Gasteiger partial charge in [0.15, 0.2) is 0 Å². The van der Waals surface area contributed by atoms with Crippen molar-refractivity contribution in [2.24, 2.45) is 23.7 Å². The number of hydrogen-bond donors (Lipinski definition) is 0. The van der Waals surface area contributed by atoms with Crippen molar-refractivity contribution in [3.05, 3.63) is 0 Å². The van der Waals surface area contributed by atoms with Gasteiger partial charge in [0.05, 0.1) is 0 Å². The molecule has 3 aliphatic carbocycles. The van der Waals surface area contributed by atoms with E-state index < -0.39 is 0 Å². The molecule has 3 aliphatic rings. The lowest BCUT2D eigenvalue weighted by molar-refractivity contribution is 0.579. The maximum atomic E-state index is 1.62. The molecule has 0 heteroatoms. The smallest absolute Gasteiger partial charge is 0.0352 e. The van der Waals surface area contributed by atoms with Gasteiger partial charge in [-0.1, -0.05) is 0 Å². The lowest BCUT2D eigenvalue weighted by atomic mass is 10.2. The zero-order chi connectivity index (χ0) is 5.84. The Morgan fingerprint density at radius 2 is 1.11 bits per heavy atom. The van der Waals surface area contributed by atoms with Crippen LogP contribution < -0.4 is 0 Å². The fourth-order valence-electron chi connectivity index (χ4n) is 2.37. The molecule has 0 heterocycles. The molecule has 3 saturated carbocycles. The van der Waals surface area contributed by atoms with Gasteiger partial charge >= 0.3 is 0 Å². The highest BCUT2D eigenvalue weighted by molar-refractivity contribution is 5.02. The van der Waals surface area contributed by atoms with Gasteiger partial charge in [0.25, 0.3) is 0 Å². The highest BCUT2D eigenvalue weighted by Crippen LogP contribution is 2.62. The third kappa shape index (κ3) is 0.720. The summed E-state index contributed by atoms with van der Waals surface area (Å²) in [5.74, 6) is 4.90. The van der Waals surface area contributed by atoms with Gasteiger partial charge in [0.2, 0.25) is 0 Å². The van der Waals surface area contributed by atoms with Crippen LogP contribution in [0.1, 0.15) is 32.1 Å². The molecular weight excluding hydrogens is 108 g/mol. The topological polar surface area (TPSA) is 0 Å². The van der Waals surface area contributed by atoms with Gasteiger partial charge in [-0.05, 0) is 55.8 Å². The molecule has 0 amide bonds. The van der Waals surface area contributed by atoms with Crippen molar-refractivity contribution >= 4 is 0 Å². The minimum absolute atomic E-state index is 1.22. The summed E-state index contributed by atoms with van der Waals surface area (Å²) < 4.78 is 0. The minimum Gasteiger partial charge on any atom is -0.0499 e. The van der Waals surface area contributed by atoms with Crippen molar-refractivity contribution in [3.63, 3.8) is 0 Å². The van der Waals surface area contributed by atoms with E-state index in [4.69, 9.17) is 0 Å². The van der Waals surface area contributed by atoms with Crippen molar-refractivity contribution in [1.82, 2.24) is 0 Å². The second-order valence-electron chi connectivity index (χ2n) is 4.24. The average molecular weight is 122 g/mol. The summed E-state index contributed by atoms with van der Waals surface area (Å²) >= 11 is 0. The predicted octanol–water partition coefficient (Wildman–Crippen LogP) is 2.44. The Kier molecular flexibility index (Phi) is 0.717. The monoisotopic (exact) mass is 122 g/mol. The van der Waals surface area contributed by atoms with Crippen LogP contribution in [-0.4, -0.2) is 0 Å². The van der Waals surface area contributed by atoms with E-state index in [1.807, 2.05) is 0 Å². The third-order valence-corrected chi connectivity index (χ3v) is 3.35. The van der Waals surface area contributed by atoms with Crippen LogP contribution in [0.5, 0.6) is 0 Å². The maximum absolute atomic E-state index is 1.62.